The predicted octanol–water partition coefficient (Wildman–Crippen LogP) is 5.21. The Morgan fingerprint density at radius 1 is 0.938 bits per heavy atom. The maximum Gasteiger partial charge on any atom is 0.329 e. The van der Waals surface area contributed by atoms with Gasteiger partial charge in [0.05, 0.1) is 17.8 Å². The highest BCUT2D eigenvalue weighted by molar-refractivity contribution is 6.09. The molecule has 64 heavy (non-hydrogen) atoms. The molecule has 10 rings (SSSR count). The first kappa shape index (κ1) is 41.4. The van der Waals surface area contributed by atoms with Gasteiger partial charge in [0.15, 0.2) is 17.3 Å². The third-order valence-electron chi connectivity index (χ3n) is 13.8. The molecule has 0 spiro atoms. The second-order valence-electron chi connectivity index (χ2n) is 17.8. The quantitative estimate of drug-likeness (QED) is 0.145. The van der Waals surface area contributed by atoms with E-state index in [2.05, 4.69) is 79.3 Å². The molecular weight excluding hydrogens is 811 g/mol. The number of aromatic nitrogens is 7. The number of piperazine rings is 1. The Kier molecular flexibility index (Phi) is 10.7. The molecule has 17 heteroatoms. The molecule has 4 aliphatic rings. The number of carbonyl (C=O) groups excluding carboxylic acids is 2. The van der Waals surface area contributed by atoms with E-state index in [9.17, 15) is 19.5 Å². The number of hydrogen-bond donors (Lipinski definition) is 3. The smallest absolute Gasteiger partial charge is 0.329 e. The molecule has 332 valence electrons. The van der Waals surface area contributed by atoms with Crippen molar-refractivity contribution in [2.45, 2.75) is 70.6 Å². The third kappa shape index (κ3) is 7.45. The van der Waals surface area contributed by atoms with Crippen LogP contribution in [0.25, 0.3) is 27.8 Å². The molecule has 3 saturated heterocycles. The average molecular weight is 866 g/mol. The van der Waals surface area contributed by atoms with E-state index < -0.39 is 11.6 Å². The lowest BCUT2D eigenvalue weighted by Gasteiger charge is -2.43. The van der Waals surface area contributed by atoms with Crippen molar-refractivity contribution in [3.8, 4) is 5.82 Å². The van der Waals surface area contributed by atoms with Gasteiger partial charge in [-0.3, -0.25) is 29.4 Å². The molecule has 0 radical (unpaired) electrons. The number of nitrogens with zero attached hydrogens (tertiary/aromatic N) is 11. The number of piperidine rings is 1. The molecule has 3 N–H and O–H groups in total. The molecule has 4 aromatic heterocycles. The number of allylic oxidation sites excluding steroid dienone is 1. The summed E-state index contributed by atoms with van der Waals surface area (Å²) in [7, 11) is 1.90. The lowest BCUT2D eigenvalue weighted by atomic mass is 9.94. The second kappa shape index (κ2) is 16.5. The fraction of sp³-hybridized carbons (Fsp3) is 0.426. The zero-order valence-corrected chi connectivity index (χ0v) is 36.7. The van der Waals surface area contributed by atoms with E-state index in [1.54, 1.807) is 26.5 Å². The number of nitrogens with one attached hydrogen (secondary N) is 2. The summed E-state index contributed by atoms with van der Waals surface area (Å²) in [6.45, 7) is 14.7. The molecule has 6 aromatic rings. The molecule has 3 fully saturated rings. The van der Waals surface area contributed by atoms with Gasteiger partial charge in [0, 0.05) is 94.0 Å². The summed E-state index contributed by atoms with van der Waals surface area (Å²) < 4.78 is 5.08. The van der Waals surface area contributed by atoms with Crippen molar-refractivity contribution in [3.63, 3.8) is 0 Å². The predicted molar refractivity (Wildman–Crippen MR) is 248 cm³/mol. The van der Waals surface area contributed by atoms with Crippen LogP contribution in [0.2, 0.25) is 0 Å². The van der Waals surface area contributed by atoms with Gasteiger partial charge in [0.2, 0.25) is 11.9 Å². The number of anilines is 5. The van der Waals surface area contributed by atoms with Gasteiger partial charge < -0.3 is 20.2 Å². The van der Waals surface area contributed by atoms with Gasteiger partial charge in [-0.2, -0.15) is 10.1 Å². The van der Waals surface area contributed by atoms with Gasteiger partial charge in [-0.05, 0) is 99.0 Å². The minimum absolute atomic E-state index is 0.238. The van der Waals surface area contributed by atoms with Crippen LogP contribution >= 0.6 is 0 Å². The highest BCUT2D eigenvalue weighted by atomic mass is 16.3. The molecule has 1 aliphatic carbocycles. The van der Waals surface area contributed by atoms with E-state index in [1.807, 2.05) is 42.9 Å². The molecule has 0 bridgehead atoms. The Morgan fingerprint density at radius 2 is 1.73 bits per heavy atom. The summed E-state index contributed by atoms with van der Waals surface area (Å²) in [5, 5.41) is 23.0. The number of fused-ring (bicyclic) bond motifs is 3. The molecule has 7 heterocycles. The second-order valence-corrected chi connectivity index (χ2v) is 17.8. The van der Waals surface area contributed by atoms with Crippen molar-refractivity contribution in [2.75, 3.05) is 65.8 Å². The van der Waals surface area contributed by atoms with Gasteiger partial charge >= 0.3 is 6.03 Å². The van der Waals surface area contributed by atoms with Crippen LogP contribution in [0, 0.1) is 5.92 Å². The van der Waals surface area contributed by atoms with Crippen LogP contribution < -0.4 is 30.9 Å². The fourth-order valence-electron chi connectivity index (χ4n) is 10.1. The van der Waals surface area contributed by atoms with Gasteiger partial charge in [-0.15, -0.1) is 6.58 Å². The maximum atomic E-state index is 13.6. The first-order valence-electron chi connectivity index (χ1n) is 22.5. The Morgan fingerprint density at radius 3 is 2.48 bits per heavy atom. The summed E-state index contributed by atoms with van der Waals surface area (Å²) in [6, 6.07) is 18.6. The first-order valence-corrected chi connectivity index (χ1v) is 22.5. The Labute approximate surface area is 371 Å². The zero-order valence-electron chi connectivity index (χ0n) is 36.7. The van der Waals surface area contributed by atoms with Gasteiger partial charge in [0.1, 0.15) is 11.0 Å². The van der Waals surface area contributed by atoms with Crippen molar-refractivity contribution < 1.29 is 14.7 Å². The van der Waals surface area contributed by atoms with Crippen LogP contribution in [0.1, 0.15) is 57.2 Å². The SMILES string of the molecule is C=CCn1c(=O)c2cnc(Nc3ccc(N4CCN(CC5CCN(c6ccc7c(N8CCC(=O)NC8=O)nn(C)c7c6)CC5)[C@H](C)C4)cc3)nc2n1-c1ccc2c(n1)[C@@](O)(CC)CC2. The largest absolute Gasteiger partial charge is 0.384 e. The highest BCUT2D eigenvalue weighted by Gasteiger charge is 2.37. The van der Waals surface area contributed by atoms with Crippen LogP contribution in [0.15, 0.2) is 78.2 Å². The number of aliphatic hydroxyl groups is 1. The molecular formula is C47H55N13O4. The van der Waals surface area contributed by atoms with Crippen molar-refractivity contribution in [2.24, 2.45) is 13.0 Å². The Bertz CT molecular complexity index is 2840. The summed E-state index contributed by atoms with van der Waals surface area (Å²) in [5.74, 6) is 1.83. The standard InChI is InChI=1S/C47H55N13O4/c1-5-20-59-44(62)37-27-48-45(52-42(37)60(59)39-14-7-32-15-19-47(64,6-2)41(32)50-39)49-33-8-10-34(11-9-33)57-25-24-56(30(3)28-57)29-31-16-21-55(22-17-31)35-12-13-36-38(26-35)54(4)53-43(36)58-23-18-40(61)51-46(58)63/h5,7-14,26-27,30-31,64H,1,6,15-25,28-29H2,2-4H3,(H,48,49,52)(H,51,61,63)/t30-,47-/m1/s1. The molecule has 17 nitrogen and oxygen atoms in total. The summed E-state index contributed by atoms with van der Waals surface area (Å²) >= 11 is 0. The van der Waals surface area contributed by atoms with Crippen molar-refractivity contribution in [1.29, 1.82) is 0 Å². The average Bonchev–Trinajstić information content (AvgIpc) is 3.91. The molecule has 3 aliphatic heterocycles. The third-order valence-corrected chi connectivity index (χ3v) is 13.8. The van der Waals surface area contributed by atoms with Gasteiger partial charge in [-0.25, -0.2) is 24.1 Å². The van der Waals surface area contributed by atoms with Gasteiger partial charge in [0.25, 0.3) is 5.56 Å². The van der Waals surface area contributed by atoms with Crippen molar-refractivity contribution in [3.05, 3.63) is 95.1 Å². The van der Waals surface area contributed by atoms with Gasteiger partial charge in [-0.1, -0.05) is 19.1 Å². The zero-order chi connectivity index (χ0) is 44.3. The van der Waals surface area contributed by atoms with E-state index >= 15 is 0 Å². The number of amides is 3. The Balaban J connectivity index is 0.757. The highest BCUT2D eigenvalue weighted by Crippen LogP contribution is 2.39. The number of hydrogen-bond acceptors (Lipinski definition) is 12. The van der Waals surface area contributed by atoms with E-state index in [0.717, 1.165) is 86.4 Å². The summed E-state index contributed by atoms with van der Waals surface area (Å²) in [5.41, 5.74) is 5.00. The van der Waals surface area contributed by atoms with Crippen LogP contribution in [0.3, 0.4) is 0 Å². The minimum Gasteiger partial charge on any atom is -0.384 e. The van der Waals surface area contributed by atoms with Crippen LogP contribution in [-0.2, 0) is 30.4 Å². The van der Waals surface area contributed by atoms with Crippen molar-refractivity contribution >= 4 is 62.7 Å². The van der Waals surface area contributed by atoms with E-state index in [4.69, 9.17) is 9.97 Å². The number of benzene rings is 2. The number of imide groups is 1. The van der Waals surface area contributed by atoms with E-state index in [-0.39, 0.29) is 24.4 Å². The van der Waals surface area contributed by atoms with E-state index in [0.29, 0.717) is 65.7 Å². The fourth-order valence-corrected chi connectivity index (χ4v) is 10.1. The molecule has 0 saturated carbocycles. The minimum atomic E-state index is -0.994. The Hall–Kier alpha value is -6.59. The van der Waals surface area contributed by atoms with Crippen LogP contribution in [-0.4, -0.2) is 108 Å². The lowest BCUT2D eigenvalue weighted by molar-refractivity contribution is -0.120. The number of urea groups is 1. The lowest BCUT2D eigenvalue weighted by Crippen LogP contribution is -2.53. The number of carbonyl (C=O) groups is 2. The van der Waals surface area contributed by atoms with Crippen LogP contribution in [0.5, 0.6) is 0 Å². The summed E-state index contributed by atoms with van der Waals surface area (Å²) in [4.78, 5) is 61.2. The number of pyridine rings is 1. The van der Waals surface area contributed by atoms with Crippen LogP contribution in [0.4, 0.5) is 33.6 Å². The molecule has 2 aromatic carbocycles. The normalized spacial score (nSPS) is 20.9. The van der Waals surface area contributed by atoms with E-state index in [1.165, 1.54) is 5.69 Å². The number of rotatable bonds is 11. The van der Waals surface area contributed by atoms with Crippen molar-refractivity contribution in [1.82, 2.24) is 44.3 Å². The monoisotopic (exact) mass is 865 g/mol. The number of aryl methyl sites for hydroxylation is 2. The summed E-state index contributed by atoms with van der Waals surface area (Å²) in [6.07, 6.45) is 7.68. The first-order chi connectivity index (χ1) is 31.0. The maximum absolute atomic E-state index is 13.6. The topological polar surface area (TPSA) is 175 Å². The molecule has 3 amide bonds. The molecule has 0 unspecified atom stereocenters. The molecule has 2 atom stereocenters.